The molecule has 0 fully saturated rings. The molecule has 412 valence electrons. The van der Waals surface area contributed by atoms with Crippen molar-refractivity contribution >= 4 is 45.7 Å². The Labute approximate surface area is 492 Å². The van der Waals surface area contributed by atoms with Gasteiger partial charge in [-0.25, -0.2) is 0 Å². The molecule has 0 bridgehead atoms. The number of halogens is 2. The zero-order valence-corrected chi connectivity index (χ0v) is 52.6. The van der Waals surface area contributed by atoms with Gasteiger partial charge in [0.25, 0.3) is 0 Å². The molecule has 10 nitrogen and oxygen atoms in total. The van der Waals surface area contributed by atoms with Crippen molar-refractivity contribution in [3.8, 4) is 0 Å². The summed E-state index contributed by atoms with van der Waals surface area (Å²) in [5.74, 6) is -0.636. The summed E-state index contributed by atoms with van der Waals surface area (Å²) in [4.78, 5) is 31.5. The maximum atomic E-state index is 13.5. The number of carbonyl (C=O) groups excluding carboxylic acids is 2. The highest BCUT2D eigenvalue weighted by Crippen LogP contribution is 2.51. The van der Waals surface area contributed by atoms with Gasteiger partial charge in [-0.3, -0.25) is 9.59 Å². The van der Waals surface area contributed by atoms with E-state index in [0.29, 0.717) is 11.1 Å². The first-order valence-corrected chi connectivity index (χ1v) is 27.1. The van der Waals surface area contributed by atoms with Crippen LogP contribution in [0.5, 0.6) is 0 Å². The quantitative estimate of drug-likeness (QED) is 0.0939. The van der Waals surface area contributed by atoms with Crippen LogP contribution in [0.1, 0.15) is 90.5 Å². The number of nitrogens with zero attached hydrogens (tertiary/aromatic N) is 6. The number of rotatable bonds is 12. The number of para-hydroxylation sites is 4. The van der Waals surface area contributed by atoms with Crippen molar-refractivity contribution < 1.29 is 78.9 Å². The van der Waals surface area contributed by atoms with Crippen LogP contribution >= 0.6 is 0 Å². The van der Waals surface area contributed by atoms with Crippen LogP contribution in [0.15, 0.2) is 167 Å². The van der Waals surface area contributed by atoms with Gasteiger partial charge < -0.3 is 69.9 Å². The van der Waals surface area contributed by atoms with E-state index in [2.05, 4.69) is 189 Å². The number of fused-ring (bicyclic) bond motifs is 4. The van der Waals surface area contributed by atoms with Gasteiger partial charge in [0, 0.05) is 117 Å². The summed E-state index contributed by atoms with van der Waals surface area (Å²) >= 11 is 0. The second-order valence-corrected chi connectivity index (χ2v) is 25.8. The van der Waals surface area contributed by atoms with Gasteiger partial charge in [-0.1, -0.05) is 112 Å². The van der Waals surface area contributed by atoms with Crippen LogP contribution in [-0.4, -0.2) is 124 Å². The first-order chi connectivity index (χ1) is 35.5. The van der Waals surface area contributed by atoms with Crippen LogP contribution in [0.2, 0.25) is 0 Å². The summed E-state index contributed by atoms with van der Waals surface area (Å²) in [6.45, 7) is 21.1. The van der Waals surface area contributed by atoms with Crippen LogP contribution in [0.4, 0.5) is 22.7 Å². The number of Topliss-reactive ketones (excluding diaryl/α,β-unsaturated/α-hetero) is 2. The van der Waals surface area contributed by atoms with Crippen molar-refractivity contribution in [1.29, 1.82) is 0 Å². The second kappa shape index (κ2) is 21.4. The monoisotopic (exact) mass is 1230 g/mol. The van der Waals surface area contributed by atoms with E-state index in [1.54, 1.807) is 0 Å². The second-order valence-electron chi connectivity index (χ2n) is 25.8. The molecule has 0 spiro atoms. The fourth-order valence-electron chi connectivity index (χ4n) is 12.5. The number of quaternary nitrogens is 2. The summed E-state index contributed by atoms with van der Waals surface area (Å²) in [6, 6.07) is 33.4. The molecule has 0 radical (unpaired) electrons. The Bertz CT molecular complexity index is 3160. The topological polar surface area (TPSA) is 92.8 Å². The molecule has 0 amide bonds. The van der Waals surface area contributed by atoms with Crippen LogP contribution in [0.3, 0.4) is 0 Å². The minimum atomic E-state index is -0.301. The molecular weight excluding hydrogens is 1150 g/mol. The zero-order chi connectivity index (χ0) is 55.2. The fraction of sp³-hybridized carbons (Fsp3) is 0.394. The van der Waals surface area contributed by atoms with E-state index in [0.717, 1.165) is 82.2 Å². The van der Waals surface area contributed by atoms with Crippen molar-refractivity contribution in [2.75, 3.05) is 92.4 Å². The van der Waals surface area contributed by atoms with Gasteiger partial charge in [0.1, 0.15) is 14.1 Å². The normalized spacial score (nSPS) is 21.3. The predicted molar refractivity (Wildman–Crippen MR) is 306 cm³/mol. The lowest BCUT2D eigenvalue weighted by atomic mass is 9.77. The Hall–Kier alpha value is -5.67. The number of benzene rings is 4. The van der Waals surface area contributed by atoms with E-state index in [-0.39, 0.29) is 96.8 Å². The maximum absolute atomic E-state index is 13.5. The molecule has 78 heavy (non-hydrogen) atoms. The molecular formula is C66H80BrIN6O4. The summed E-state index contributed by atoms with van der Waals surface area (Å²) in [6.07, 6.45) is 9.40. The van der Waals surface area contributed by atoms with Gasteiger partial charge in [-0.2, -0.15) is 9.15 Å². The molecule has 4 aromatic rings. The van der Waals surface area contributed by atoms with Crippen LogP contribution < -0.4 is 61.0 Å². The van der Waals surface area contributed by atoms with Gasteiger partial charge in [0.15, 0.2) is 23.0 Å². The standard InChI is InChI=1S/2C33H40N3O2.BrH.HI/c2*1-32(2)24-14-9-11-16-26(24)34(5)28(32)20-22-30(37)23(31(22)38)21-29-33(3,4)25-15-10-12-17-27(25)35(29)18-13-19-36(6,7)8;;/h2*9-12,14-17,20-21H,13,18-19H2,1-8H3;2*1H/q2*+1;;/p-2. The molecule has 0 atom stereocenters. The highest BCUT2D eigenvalue weighted by Gasteiger charge is 2.47. The number of ketones is 2. The summed E-state index contributed by atoms with van der Waals surface area (Å²) < 4.78 is 6.00. The lowest BCUT2D eigenvalue weighted by Crippen LogP contribution is -3.00. The average Bonchev–Trinajstić information content (AvgIpc) is 4.08. The first-order valence-electron chi connectivity index (χ1n) is 27.1. The highest BCUT2D eigenvalue weighted by molar-refractivity contribution is 6.25. The Morgan fingerprint density at radius 2 is 0.782 bits per heavy atom. The number of hydrogen-bond donors (Lipinski definition) is 0. The molecule has 0 saturated heterocycles. The molecule has 0 saturated carbocycles. The first kappa shape index (κ1) is 60.0. The molecule has 6 aliphatic rings. The molecule has 0 N–H and O–H groups in total. The molecule has 2 aliphatic carbocycles. The zero-order valence-electron chi connectivity index (χ0n) is 48.9. The lowest BCUT2D eigenvalue weighted by molar-refractivity contribution is -0.870. The van der Waals surface area contributed by atoms with Crippen LogP contribution in [0, 0.1) is 0 Å². The molecule has 4 heterocycles. The summed E-state index contributed by atoms with van der Waals surface area (Å²) in [5.41, 5.74) is 13.4. The predicted octanol–water partition coefficient (Wildman–Crippen LogP) is 3.20. The van der Waals surface area contributed by atoms with Gasteiger partial charge in [0.05, 0.1) is 66.2 Å². The fourth-order valence-corrected chi connectivity index (χ4v) is 12.5. The lowest BCUT2D eigenvalue weighted by Gasteiger charge is -2.33. The number of carbonyl (C=O) groups is 2. The van der Waals surface area contributed by atoms with Crippen molar-refractivity contribution in [3.63, 3.8) is 0 Å². The van der Waals surface area contributed by atoms with Crippen molar-refractivity contribution in [1.82, 2.24) is 0 Å². The van der Waals surface area contributed by atoms with Crippen molar-refractivity contribution in [2.24, 2.45) is 0 Å². The third-order valence-corrected chi connectivity index (χ3v) is 17.0. The van der Waals surface area contributed by atoms with E-state index in [1.165, 1.54) is 33.6 Å². The minimum absolute atomic E-state index is 0. The van der Waals surface area contributed by atoms with Crippen LogP contribution in [0.25, 0.3) is 0 Å². The minimum Gasteiger partial charge on any atom is -1.00 e. The van der Waals surface area contributed by atoms with Gasteiger partial charge in [-0.05, 0) is 63.1 Å². The van der Waals surface area contributed by atoms with Gasteiger partial charge in [0.2, 0.25) is 11.4 Å². The van der Waals surface area contributed by atoms with Gasteiger partial charge in [-0.15, -0.1) is 0 Å². The third-order valence-electron chi connectivity index (χ3n) is 17.0. The molecule has 10 rings (SSSR count). The third kappa shape index (κ3) is 10.4. The molecule has 0 aromatic heterocycles. The molecule has 12 heteroatoms. The van der Waals surface area contributed by atoms with E-state index < -0.39 is 0 Å². The number of allylic oxidation sites excluding steroid dienone is 10. The van der Waals surface area contributed by atoms with E-state index >= 15 is 0 Å². The maximum Gasteiger partial charge on any atom is 0.209 e. The van der Waals surface area contributed by atoms with Crippen LogP contribution in [-0.2, 0) is 31.2 Å². The Morgan fingerprint density at radius 1 is 0.474 bits per heavy atom. The largest absolute Gasteiger partial charge is 1.00 e. The Kier molecular flexibility index (Phi) is 16.5. The van der Waals surface area contributed by atoms with E-state index in [9.17, 15) is 19.8 Å². The molecule has 0 unspecified atom stereocenters. The molecule has 4 aliphatic heterocycles. The number of hydrogen-bond acceptors (Lipinski definition) is 6. The van der Waals surface area contributed by atoms with Gasteiger partial charge >= 0.3 is 0 Å². The van der Waals surface area contributed by atoms with Crippen molar-refractivity contribution in [2.45, 2.75) is 89.9 Å². The Balaban J connectivity index is 0.000000220. The van der Waals surface area contributed by atoms with E-state index in [1.807, 2.05) is 62.7 Å². The average molecular weight is 1230 g/mol. The number of anilines is 2. The summed E-state index contributed by atoms with van der Waals surface area (Å²) in [5, 5.41) is 26.9. The van der Waals surface area contributed by atoms with Crippen molar-refractivity contribution in [3.05, 3.63) is 189 Å². The highest BCUT2D eigenvalue weighted by atomic mass is 127. The smallest absolute Gasteiger partial charge is 0.209 e. The SMILES string of the molecule is C[N+]1=C(/C=C2\C(=O)C(/C=C3/N(CCC[N+](C)(C)C)c4ccccc4C3(C)C)=C2[O-])C(C)(C)c2ccccc21.C[N+]1=C(/C=C2\C(=O)C(/C=C3/N(CCC[N+](C)(C)C)c4ccccc4C3(C)C)=C2[O-])C(C)(C)c2ccccc21.[Br-].[I-]. The van der Waals surface area contributed by atoms with E-state index in [4.69, 9.17) is 0 Å². The summed E-state index contributed by atoms with van der Waals surface area (Å²) in [7, 11) is 17.2. The molecule has 4 aromatic carbocycles. The Morgan fingerprint density at radius 3 is 1.09 bits per heavy atom.